The van der Waals surface area contributed by atoms with Gasteiger partial charge >= 0.3 is 0 Å². The molecule has 3 heterocycles. The molecule has 0 unspecified atom stereocenters. The van der Waals surface area contributed by atoms with E-state index >= 15 is 0 Å². The number of rotatable bonds is 7. The lowest BCUT2D eigenvalue weighted by molar-refractivity contribution is 0.101. The number of pyridine rings is 2. The molecule has 1 amide bonds. The minimum absolute atomic E-state index is 0.0125. The summed E-state index contributed by atoms with van der Waals surface area (Å²) in [6.45, 7) is 5.87. The number of nitrogens with one attached hydrogen (secondary N) is 2. The van der Waals surface area contributed by atoms with Gasteiger partial charge in [-0.2, -0.15) is 0 Å². The van der Waals surface area contributed by atoms with Gasteiger partial charge in [-0.15, -0.1) is 10.2 Å². The molecule has 0 saturated heterocycles. The van der Waals surface area contributed by atoms with Crippen LogP contribution in [-0.2, 0) is 6.42 Å². The molecule has 4 aromatic rings. The number of H-pyrrole nitrogens is 1. The maximum atomic E-state index is 12.7. The minimum Gasteiger partial charge on any atom is -0.475 e. The van der Waals surface area contributed by atoms with Crippen molar-refractivity contribution in [2.24, 2.45) is 0 Å². The topological polar surface area (TPSA) is 106 Å². The first kappa shape index (κ1) is 21.2. The molecule has 0 aliphatic rings. The van der Waals surface area contributed by atoms with Gasteiger partial charge in [0.15, 0.2) is 0 Å². The zero-order valence-electron chi connectivity index (χ0n) is 18.2. The Balaban J connectivity index is 1.51. The molecule has 8 nitrogen and oxygen atoms in total. The van der Waals surface area contributed by atoms with Gasteiger partial charge in [0.25, 0.3) is 5.91 Å². The average molecular weight is 428 g/mol. The highest BCUT2D eigenvalue weighted by molar-refractivity contribution is 6.01. The fourth-order valence-electron chi connectivity index (χ4n) is 3.19. The second-order valence-corrected chi connectivity index (χ2v) is 7.70. The fourth-order valence-corrected chi connectivity index (χ4v) is 3.19. The van der Waals surface area contributed by atoms with Crippen LogP contribution in [0.5, 0.6) is 5.88 Å². The highest BCUT2D eigenvalue weighted by Crippen LogP contribution is 2.30. The van der Waals surface area contributed by atoms with Crippen molar-refractivity contribution in [1.29, 1.82) is 0 Å². The monoisotopic (exact) mass is 428 g/mol. The highest BCUT2D eigenvalue weighted by atomic mass is 16.5. The van der Waals surface area contributed by atoms with Crippen LogP contribution in [0.4, 0.5) is 5.82 Å². The summed E-state index contributed by atoms with van der Waals surface area (Å²) >= 11 is 0. The molecule has 4 rings (SSSR count). The number of hydrogen-bond donors (Lipinski definition) is 2. The standard InChI is InChI=1S/C24H24N6O2/c1-15(2)32-24-19(11-16(3)14-26-24)18-9-10-25-20(13-18)28-23(31)22-27-21(29-30-22)12-17-7-5-4-6-8-17/h4-11,13-15H,12H2,1-3H3,(H,25,28,31)(H,27,29,30). The first-order valence-corrected chi connectivity index (χ1v) is 10.3. The third kappa shape index (κ3) is 5.15. The first-order chi connectivity index (χ1) is 15.5. The number of amides is 1. The van der Waals surface area contributed by atoms with E-state index in [-0.39, 0.29) is 11.9 Å². The number of aryl methyl sites for hydroxylation is 1. The first-order valence-electron chi connectivity index (χ1n) is 10.3. The molecule has 0 saturated carbocycles. The van der Waals surface area contributed by atoms with Gasteiger partial charge in [0.2, 0.25) is 11.7 Å². The van der Waals surface area contributed by atoms with E-state index in [1.165, 1.54) is 0 Å². The quantitative estimate of drug-likeness (QED) is 0.457. The lowest BCUT2D eigenvalue weighted by atomic mass is 10.1. The van der Waals surface area contributed by atoms with Crippen LogP contribution >= 0.6 is 0 Å². The van der Waals surface area contributed by atoms with Crippen LogP contribution in [-0.4, -0.2) is 37.2 Å². The Morgan fingerprint density at radius 1 is 1.09 bits per heavy atom. The zero-order chi connectivity index (χ0) is 22.5. The number of hydrogen-bond acceptors (Lipinski definition) is 6. The van der Waals surface area contributed by atoms with Crippen LogP contribution in [0.15, 0.2) is 60.9 Å². The molecule has 0 aliphatic carbocycles. The van der Waals surface area contributed by atoms with E-state index < -0.39 is 5.91 Å². The Kier molecular flexibility index (Phi) is 6.21. The molecule has 0 radical (unpaired) electrons. The SMILES string of the molecule is Cc1cnc(OC(C)C)c(-c2ccnc(NC(=O)c3nnc(Cc4ccccc4)[nH]3)c2)c1. The maximum Gasteiger partial charge on any atom is 0.294 e. The number of ether oxygens (including phenoxy) is 1. The molecule has 162 valence electrons. The molecule has 0 atom stereocenters. The summed E-state index contributed by atoms with van der Waals surface area (Å²) in [5.74, 6) is 1.26. The zero-order valence-corrected chi connectivity index (χ0v) is 18.2. The Morgan fingerprint density at radius 2 is 1.91 bits per heavy atom. The molecule has 8 heteroatoms. The van der Waals surface area contributed by atoms with Crippen molar-refractivity contribution in [2.75, 3.05) is 5.32 Å². The molecular formula is C24H24N6O2. The highest BCUT2D eigenvalue weighted by Gasteiger charge is 2.15. The summed E-state index contributed by atoms with van der Waals surface area (Å²) in [5, 5.41) is 10.8. The van der Waals surface area contributed by atoms with Gasteiger partial charge in [0.05, 0.1) is 6.10 Å². The minimum atomic E-state index is -0.414. The summed E-state index contributed by atoms with van der Waals surface area (Å²) in [4.78, 5) is 24.3. The number of carbonyl (C=O) groups is 1. The van der Waals surface area contributed by atoms with Gasteiger partial charge < -0.3 is 15.0 Å². The maximum absolute atomic E-state index is 12.7. The summed E-state index contributed by atoms with van der Waals surface area (Å²) in [5.41, 5.74) is 3.76. The summed E-state index contributed by atoms with van der Waals surface area (Å²) in [6.07, 6.45) is 3.95. The molecule has 2 N–H and O–H groups in total. The van der Waals surface area contributed by atoms with Crippen molar-refractivity contribution < 1.29 is 9.53 Å². The van der Waals surface area contributed by atoms with Crippen LogP contribution < -0.4 is 10.1 Å². The molecule has 0 aliphatic heterocycles. The lowest BCUT2D eigenvalue weighted by Gasteiger charge is -2.14. The third-order valence-corrected chi connectivity index (χ3v) is 4.61. The molecule has 0 fully saturated rings. The van der Waals surface area contributed by atoms with E-state index in [1.54, 1.807) is 18.5 Å². The van der Waals surface area contributed by atoms with Crippen LogP contribution in [0.1, 0.15) is 41.4 Å². The van der Waals surface area contributed by atoms with Crippen molar-refractivity contribution in [3.63, 3.8) is 0 Å². The predicted octanol–water partition coefficient (Wildman–Crippen LogP) is 4.20. The molecule has 0 bridgehead atoms. The fraction of sp³-hybridized carbons (Fsp3) is 0.208. The lowest BCUT2D eigenvalue weighted by Crippen LogP contribution is -2.15. The number of carbonyl (C=O) groups excluding carboxylic acids is 1. The summed E-state index contributed by atoms with van der Waals surface area (Å²) in [6, 6.07) is 15.5. The van der Waals surface area contributed by atoms with Crippen LogP contribution in [0.3, 0.4) is 0 Å². The number of aromatic nitrogens is 5. The summed E-state index contributed by atoms with van der Waals surface area (Å²) < 4.78 is 5.85. The summed E-state index contributed by atoms with van der Waals surface area (Å²) in [7, 11) is 0. The molecule has 1 aromatic carbocycles. The number of anilines is 1. The van der Waals surface area contributed by atoms with E-state index in [1.807, 2.05) is 63.2 Å². The predicted molar refractivity (Wildman–Crippen MR) is 122 cm³/mol. The van der Waals surface area contributed by atoms with Gasteiger partial charge in [0, 0.05) is 24.4 Å². The molecule has 0 spiro atoms. The van der Waals surface area contributed by atoms with Crippen molar-refractivity contribution in [3.05, 3.63) is 83.7 Å². The van der Waals surface area contributed by atoms with Crippen molar-refractivity contribution in [1.82, 2.24) is 25.1 Å². The van der Waals surface area contributed by atoms with E-state index in [2.05, 4.69) is 30.5 Å². The van der Waals surface area contributed by atoms with Gasteiger partial charge in [-0.05, 0) is 55.7 Å². The van der Waals surface area contributed by atoms with Crippen molar-refractivity contribution in [3.8, 4) is 17.0 Å². The van der Waals surface area contributed by atoms with Crippen molar-refractivity contribution in [2.45, 2.75) is 33.3 Å². The van der Waals surface area contributed by atoms with Crippen LogP contribution in [0, 0.1) is 6.92 Å². The molecule has 32 heavy (non-hydrogen) atoms. The van der Waals surface area contributed by atoms with E-state index in [0.29, 0.717) is 23.9 Å². The molecule has 3 aromatic heterocycles. The Labute approximate surface area is 186 Å². The Hall–Kier alpha value is -4.07. The number of benzene rings is 1. The van der Waals surface area contributed by atoms with E-state index in [0.717, 1.165) is 22.3 Å². The average Bonchev–Trinajstić information content (AvgIpc) is 3.24. The largest absolute Gasteiger partial charge is 0.475 e. The normalized spacial score (nSPS) is 10.9. The van der Waals surface area contributed by atoms with Crippen LogP contribution in [0.25, 0.3) is 11.1 Å². The second kappa shape index (κ2) is 9.38. The van der Waals surface area contributed by atoms with Gasteiger partial charge in [-0.1, -0.05) is 30.3 Å². The smallest absolute Gasteiger partial charge is 0.294 e. The van der Waals surface area contributed by atoms with Gasteiger partial charge in [-0.25, -0.2) is 9.97 Å². The third-order valence-electron chi connectivity index (χ3n) is 4.61. The molecular weight excluding hydrogens is 404 g/mol. The van der Waals surface area contributed by atoms with Gasteiger partial charge in [0.1, 0.15) is 11.6 Å². The van der Waals surface area contributed by atoms with Crippen LogP contribution in [0.2, 0.25) is 0 Å². The van der Waals surface area contributed by atoms with Gasteiger partial charge in [-0.3, -0.25) is 4.79 Å². The Bertz CT molecular complexity index is 1220. The van der Waals surface area contributed by atoms with E-state index in [4.69, 9.17) is 4.74 Å². The number of nitrogens with zero attached hydrogens (tertiary/aromatic N) is 4. The number of aromatic amines is 1. The Morgan fingerprint density at radius 3 is 2.69 bits per heavy atom. The second-order valence-electron chi connectivity index (χ2n) is 7.70. The van der Waals surface area contributed by atoms with Crippen molar-refractivity contribution >= 4 is 11.7 Å². The van der Waals surface area contributed by atoms with E-state index in [9.17, 15) is 4.79 Å².